The number of hydrogen-bond donors (Lipinski definition) is 0. The van der Waals surface area contributed by atoms with Gasteiger partial charge in [-0.1, -0.05) is 22.9 Å². The number of rotatable bonds is 6. The molecule has 30 heavy (non-hydrogen) atoms. The number of halogens is 1. The molecule has 9 heteroatoms. The van der Waals surface area contributed by atoms with Crippen LogP contribution in [0.5, 0.6) is 0 Å². The Hall–Kier alpha value is -2.71. The normalized spacial score (nSPS) is 11.4. The molecular formula is C21H23ClN6OS. The summed E-state index contributed by atoms with van der Waals surface area (Å²) in [6.45, 7) is 9.56. The van der Waals surface area contributed by atoms with Crippen molar-refractivity contribution in [1.29, 1.82) is 0 Å². The lowest BCUT2D eigenvalue weighted by Gasteiger charge is -2.20. The fourth-order valence-electron chi connectivity index (χ4n) is 3.54. The van der Waals surface area contributed by atoms with Crippen LogP contribution in [0.3, 0.4) is 0 Å². The maximum atomic E-state index is 13.5. The third kappa shape index (κ3) is 3.85. The zero-order chi connectivity index (χ0) is 21.4. The fourth-order valence-corrected chi connectivity index (χ4v) is 4.99. The summed E-state index contributed by atoms with van der Waals surface area (Å²) in [5.41, 5.74) is 4.42. The molecule has 0 aliphatic rings. The highest BCUT2D eigenvalue weighted by atomic mass is 35.5. The van der Waals surface area contributed by atoms with E-state index >= 15 is 0 Å². The minimum atomic E-state index is -0.126. The van der Waals surface area contributed by atoms with Gasteiger partial charge >= 0.3 is 0 Å². The number of anilines is 1. The van der Waals surface area contributed by atoms with Gasteiger partial charge in [0.05, 0.1) is 22.5 Å². The SMILES string of the molecule is CCn1nccc1C(=O)N(CCn1nc(C)cc1C)c1nc2c(C)cc(Cl)cc2s1. The molecule has 3 heterocycles. The van der Waals surface area contributed by atoms with Crippen LogP contribution < -0.4 is 4.90 Å². The van der Waals surface area contributed by atoms with Crippen LogP contribution in [-0.2, 0) is 13.1 Å². The van der Waals surface area contributed by atoms with Gasteiger partial charge in [-0.15, -0.1) is 0 Å². The molecule has 0 saturated heterocycles. The Bertz CT molecular complexity index is 1220. The molecule has 156 valence electrons. The van der Waals surface area contributed by atoms with Gasteiger partial charge in [0.15, 0.2) is 5.13 Å². The summed E-state index contributed by atoms with van der Waals surface area (Å²) < 4.78 is 4.58. The Morgan fingerprint density at radius 3 is 2.70 bits per heavy atom. The maximum absolute atomic E-state index is 13.5. The molecule has 0 bridgehead atoms. The third-order valence-corrected chi connectivity index (χ3v) is 6.23. The minimum absolute atomic E-state index is 0.126. The van der Waals surface area contributed by atoms with Crippen molar-refractivity contribution in [3.63, 3.8) is 0 Å². The van der Waals surface area contributed by atoms with Crippen LogP contribution in [0.15, 0.2) is 30.5 Å². The van der Waals surface area contributed by atoms with Crippen LogP contribution in [-0.4, -0.2) is 37.0 Å². The Balaban J connectivity index is 1.74. The maximum Gasteiger partial charge on any atom is 0.278 e. The average molecular weight is 443 g/mol. The van der Waals surface area contributed by atoms with Crippen molar-refractivity contribution in [3.8, 4) is 0 Å². The first-order chi connectivity index (χ1) is 14.4. The number of thiazole rings is 1. The van der Waals surface area contributed by atoms with E-state index in [0.717, 1.165) is 27.2 Å². The zero-order valence-electron chi connectivity index (χ0n) is 17.4. The van der Waals surface area contributed by atoms with E-state index in [4.69, 9.17) is 16.6 Å². The van der Waals surface area contributed by atoms with Crippen LogP contribution in [0, 0.1) is 20.8 Å². The molecule has 0 aliphatic heterocycles. The second-order valence-electron chi connectivity index (χ2n) is 7.21. The molecule has 7 nitrogen and oxygen atoms in total. The summed E-state index contributed by atoms with van der Waals surface area (Å²) in [4.78, 5) is 20.0. The lowest BCUT2D eigenvalue weighted by molar-refractivity contribution is 0.0975. The topological polar surface area (TPSA) is 68.8 Å². The van der Waals surface area contributed by atoms with Gasteiger partial charge in [0, 0.05) is 30.0 Å². The fraction of sp³-hybridized carbons (Fsp3) is 0.333. The molecular weight excluding hydrogens is 420 g/mol. The molecule has 0 N–H and O–H groups in total. The highest BCUT2D eigenvalue weighted by Gasteiger charge is 2.24. The quantitative estimate of drug-likeness (QED) is 0.436. The molecule has 0 spiro atoms. The first kappa shape index (κ1) is 20.6. The molecule has 4 aromatic rings. The lowest BCUT2D eigenvalue weighted by Crippen LogP contribution is -2.35. The second kappa shape index (κ2) is 8.20. The molecule has 3 aromatic heterocycles. The summed E-state index contributed by atoms with van der Waals surface area (Å²) in [6, 6.07) is 7.56. The molecule has 4 rings (SSSR count). The van der Waals surface area contributed by atoms with Gasteiger partial charge in [-0.2, -0.15) is 10.2 Å². The van der Waals surface area contributed by atoms with Gasteiger partial charge in [0.25, 0.3) is 5.91 Å². The van der Waals surface area contributed by atoms with Crippen molar-refractivity contribution in [2.24, 2.45) is 0 Å². The standard InChI is InChI=1S/C21H23ClN6OS/c1-5-27-17(6-7-23-27)20(29)26(8-9-28-15(4)11-14(3)25-28)21-24-19-13(2)10-16(22)12-18(19)30-21/h6-7,10-12H,5,8-9H2,1-4H3. The van der Waals surface area contributed by atoms with Crippen molar-refractivity contribution in [2.75, 3.05) is 11.4 Å². The van der Waals surface area contributed by atoms with Crippen molar-refractivity contribution >= 4 is 44.2 Å². The molecule has 0 fully saturated rings. The van der Waals surface area contributed by atoms with Crippen LogP contribution >= 0.6 is 22.9 Å². The van der Waals surface area contributed by atoms with Gasteiger partial charge in [-0.3, -0.25) is 19.1 Å². The van der Waals surface area contributed by atoms with Gasteiger partial charge in [-0.25, -0.2) is 4.98 Å². The number of amides is 1. The van der Waals surface area contributed by atoms with E-state index in [1.165, 1.54) is 11.3 Å². The predicted molar refractivity (Wildman–Crippen MR) is 121 cm³/mol. The lowest BCUT2D eigenvalue weighted by atomic mass is 10.2. The van der Waals surface area contributed by atoms with Gasteiger partial charge < -0.3 is 0 Å². The monoisotopic (exact) mass is 442 g/mol. The number of carbonyl (C=O) groups excluding carboxylic acids is 1. The molecule has 1 aromatic carbocycles. The molecule has 1 amide bonds. The van der Waals surface area contributed by atoms with Crippen LogP contribution in [0.1, 0.15) is 34.4 Å². The van der Waals surface area contributed by atoms with Crippen LogP contribution in [0.2, 0.25) is 5.02 Å². The minimum Gasteiger partial charge on any atom is -0.281 e. The number of nitrogens with zero attached hydrogens (tertiary/aromatic N) is 6. The average Bonchev–Trinajstić information content (AvgIpc) is 3.40. The Labute approximate surface area is 183 Å². The highest BCUT2D eigenvalue weighted by molar-refractivity contribution is 7.22. The smallest absolute Gasteiger partial charge is 0.278 e. The predicted octanol–water partition coefficient (Wildman–Crippen LogP) is 4.63. The Kier molecular flexibility index (Phi) is 5.62. The first-order valence-electron chi connectivity index (χ1n) is 9.78. The number of aromatic nitrogens is 5. The summed E-state index contributed by atoms with van der Waals surface area (Å²) in [7, 11) is 0. The van der Waals surface area contributed by atoms with Gasteiger partial charge in [0.2, 0.25) is 0 Å². The summed E-state index contributed by atoms with van der Waals surface area (Å²) in [6.07, 6.45) is 1.65. The molecule has 0 radical (unpaired) electrons. The van der Waals surface area contributed by atoms with Gasteiger partial charge in [-0.05, 0) is 57.5 Å². The first-order valence-corrected chi connectivity index (χ1v) is 11.0. The van der Waals surface area contributed by atoms with E-state index in [2.05, 4.69) is 10.2 Å². The molecule has 0 aliphatic carbocycles. The van der Waals surface area contributed by atoms with E-state index in [-0.39, 0.29) is 5.91 Å². The van der Waals surface area contributed by atoms with E-state index in [1.807, 2.05) is 50.6 Å². The van der Waals surface area contributed by atoms with Crippen molar-refractivity contribution in [1.82, 2.24) is 24.5 Å². The van der Waals surface area contributed by atoms with Crippen LogP contribution in [0.4, 0.5) is 5.13 Å². The Morgan fingerprint density at radius 1 is 1.20 bits per heavy atom. The number of hydrogen-bond acceptors (Lipinski definition) is 5. The zero-order valence-corrected chi connectivity index (χ0v) is 19.0. The van der Waals surface area contributed by atoms with Crippen LogP contribution in [0.25, 0.3) is 10.2 Å². The van der Waals surface area contributed by atoms with Crippen molar-refractivity contribution in [2.45, 2.75) is 40.8 Å². The molecule has 0 saturated carbocycles. The Morgan fingerprint density at radius 2 is 2.00 bits per heavy atom. The second-order valence-corrected chi connectivity index (χ2v) is 8.65. The van der Waals surface area contributed by atoms with E-state index in [9.17, 15) is 4.79 Å². The third-order valence-electron chi connectivity index (χ3n) is 4.99. The number of benzene rings is 1. The van der Waals surface area contributed by atoms with E-state index < -0.39 is 0 Å². The van der Waals surface area contributed by atoms with Crippen molar-refractivity contribution in [3.05, 3.63) is 58.1 Å². The number of fused-ring (bicyclic) bond motifs is 1. The van der Waals surface area contributed by atoms with E-state index in [1.54, 1.807) is 21.8 Å². The number of aryl methyl sites for hydroxylation is 4. The summed E-state index contributed by atoms with van der Waals surface area (Å²) in [5.74, 6) is -0.126. The van der Waals surface area contributed by atoms with E-state index in [0.29, 0.717) is 35.5 Å². The summed E-state index contributed by atoms with van der Waals surface area (Å²) in [5, 5.41) is 10.1. The number of carbonyl (C=O) groups is 1. The largest absolute Gasteiger partial charge is 0.281 e. The summed E-state index contributed by atoms with van der Waals surface area (Å²) >= 11 is 7.70. The molecule has 0 atom stereocenters. The van der Waals surface area contributed by atoms with Gasteiger partial charge in [0.1, 0.15) is 5.69 Å². The van der Waals surface area contributed by atoms with Crippen molar-refractivity contribution < 1.29 is 4.79 Å². The molecule has 0 unspecified atom stereocenters. The highest BCUT2D eigenvalue weighted by Crippen LogP contribution is 2.33.